The maximum absolute atomic E-state index is 6.01. The number of hydrazine groups is 1. The minimum atomic E-state index is 0.860. The number of anilines is 1. The van der Waals surface area contributed by atoms with Gasteiger partial charge in [0.1, 0.15) is 0 Å². The van der Waals surface area contributed by atoms with E-state index in [4.69, 9.17) is 5.84 Å². The van der Waals surface area contributed by atoms with Gasteiger partial charge in [0, 0.05) is 4.90 Å². The van der Waals surface area contributed by atoms with E-state index in [1.807, 2.05) is 65.8 Å². The molecule has 0 unspecified atom stereocenters. The lowest BCUT2D eigenvalue weighted by atomic mass is 10.2. The number of rotatable bonds is 3. The summed E-state index contributed by atoms with van der Waals surface area (Å²) in [5.41, 5.74) is 2.86. The zero-order valence-electron chi connectivity index (χ0n) is 15.1. The molecule has 0 aliphatic heterocycles. The van der Waals surface area contributed by atoms with Crippen molar-refractivity contribution >= 4 is 18.3 Å². The highest BCUT2D eigenvalue weighted by molar-refractivity contribution is 7.80. The standard InChI is InChI=1S/C12H16N2S.C3H4.2C2H6/c1-4-10(5-2)14(13)12-9(3)7-6-8-11(12)15;1-3-2;2*1-2/h4-8,15H,1,13H2,2-3H3;1H,2H3;2*1-2H3/b10-5+;;;. The van der Waals surface area contributed by atoms with Gasteiger partial charge in [-0.3, -0.25) is 5.01 Å². The Hall–Kier alpha value is -1.63. The first kappa shape index (κ1) is 25.3. The minimum Gasteiger partial charge on any atom is -0.279 e. The first-order chi connectivity index (χ1) is 10.5. The first-order valence-electron chi connectivity index (χ1n) is 7.52. The Balaban J connectivity index is -0.000000446. The maximum atomic E-state index is 6.01. The number of hydrogen-bond acceptors (Lipinski definition) is 3. The van der Waals surface area contributed by atoms with Crippen LogP contribution in [0.1, 0.15) is 47.1 Å². The number of terminal acetylenes is 1. The molecule has 22 heavy (non-hydrogen) atoms. The molecule has 0 radical (unpaired) electrons. The molecule has 0 fully saturated rings. The summed E-state index contributed by atoms with van der Waals surface area (Å²) in [7, 11) is 0. The van der Waals surface area contributed by atoms with Gasteiger partial charge >= 0.3 is 0 Å². The monoisotopic (exact) mass is 320 g/mol. The third-order valence-corrected chi connectivity index (χ3v) is 2.60. The van der Waals surface area contributed by atoms with Crippen LogP contribution in [-0.2, 0) is 0 Å². The van der Waals surface area contributed by atoms with Crippen LogP contribution in [-0.4, -0.2) is 0 Å². The lowest BCUT2D eigenvalue weighted by Gasteiger charge is -2.23. The molecule has 0 aliphatic rings. The SMILES string of the molecule is C#CC.C=C/C(=C\C)N(N)c1c(C)cccc1S.CC.CC. The smallest absolute Gasteiger partial charge is 0.0737 e. The van der Waals surface area contributed by atoms with Crippen molar-refractivity contribution in [1.82, 2.24) is 0 Å². The van der Waals surface area contributed by atoms with Crippen molar-refractivity contribution in [1.29, 1.82) is 0 Å². The first-order valence-corrected chi connectivity index (χ1v) is 7.97. The molecule has 0 aromatic heterocycles. The summed E-state index contributed by atoms with van der Waals surface area (Å²) < 4.78 is 0. The van der Waals surface area contributed by atoms with Crippen LogP contribution in [0.3, 0.4) is 0 Å². The van der Waals surface area contributed by atoms with E-state index in [0.29, 0.717) is 0 Å². The molecule has 2 nitrogen and oxygen atoms in total. The number of benzene rings is 1. The molecule has 1 rings (SSSR count). The molecule has 3 heteroatoms. The Morgan fingerprint density at radius 1 is 1.32 bits per heavy atom. The zero-order chi connectivity index (χ0) is 18.1. The Morgan fingerprint density at radius 2 is 1.77 bits per heavy atom. The molecular weight excluding hydrogens is 288 g/mol. The van der Waals surface area contributed by atoms with E-state index in [0.717, 1.165) is 21.8 Å². The molecule has 1 aromatic rings. The lowest BCUT2D eigenvalue weighted by molar-refractivity contribution is 0.994. The molecule has 2 N–H and O–H groups in total. The highest BCUT2D eigenvalue weighted by atomic mass is 32.1. The summed E-state index contributed by atoms with van der Waals surface area (Å²) in [4.78, 5) is 0.860. The number of allylic oxidation sites excluding steroid dienone is 2. The van der Waals surface area contributed by atoms with E-state index < -0.39 is 0 Å². The third-order valence-electron chi connectivity index (χ3n) is 2.24. The summed E-state index contributed by atoms with van der Waals surface area (Å²) in [6.07, 6.45) is 8.23. The van der Waals surface area contributed by atoms with Crippen molar-refractivity contribution in [2.45, 2.75) is 53.4 Å². The van der Waals surface area contributed by atoms with Crippen molar-refractivity contribution in [3.8, 4) is 12.3 Å². The van der Waals surface area contributed by atoms with E-state index in [2.05, 4.69) is 31.6 Å². The fourth-order valence-electron chi connectivity index (χ4n) is 1.44. The van der Waals surface area contributed by atoms with E-state index in [9.17, 15) is 0 Å². The molecule has 0 amide bonds. The van der Waals surface area contributed by atoms with Gasteiger partial charge in [0.05, 0.1) is 11.4 Å². The Bertz CT molecular complexity index is 451. The number of nitrogens with zero attached hydrogens (tertiary/aromatic N) is 1. The van der Waals surface area contributed by atoms with Gasteiger partial charge in [0.2, 0.25) is 0 Å². The molecule has 0 atom stereocenters. The van der Waals surface area contributed by atoms with E-state index in [1.54, 1.807) is 18.0 Å². The van der Waals surface area contributed by atoms with Crippen LogP contribution < -0.4 is 10.9 Å². The van der Waals surface area contributed by atoms with Gasteiger partial charge in [-0.25, -0.2) is 5.84 Å². The largest absolute Gasteiger partial charge is 0.279 e. The van der Waals surface area contributed by atoms with E-state index in [1.165, 1.54) is 0 Å². The third kappa shape index (κ3) is 9.33. The predicted octanol–water partition coefficient (Wildman–Crippen LogP) is 5.75. The number of para-hydroxylation sites is 1. The molecule has 0 heterocycles. The fraction of sp³-hybridized carbons (Fsp3) is 0.368. The number of hydrogen-bond donors (Lipinski definition) is 2. The van der Waals surface area contributed by atoms with Crippen LogP contribution in [0.4, 0.5) is 5.69 Å². The van der Waals surface area contributed by atoms with Gasteiger partial charge in [-0.15, -0.1) is 25.0 Å². The van der Waals surface area contributed by atoms with Gasteiger partial charge < -0.3 is 0 Å². The number of aryl methyl sites for hydroxylation is 1. The summed E-state index contributed by atoms with van der Waals surface area (Å²) in [6.45, 7) is 17.3. The van der Waals surface area contributed by atoms with Crippen LogP contribution in [0.2, 0.25) is 0 Å². The fourth-order valence-corrected chi connectivity index (χ4v) is 1.81. The van der Waals surface area contributed by atoms with E-state index >= 15 is 0 Å². The molecule has 0 spiro atoms. The zero-order valence-corrected chi connectivity index (χ0v) is 16.0. The average Bonchev–Trinajstić information content (AvgIpc) is 2.53. The summed E-state index contributed by atoms with van der Waals surface area (Å²) in [5.74, 6) is 8.26. The van der Waals surface area contributed by atoms with Crippen LogP contribution >= 0.6 is 12.6 Å². The molecule has 1 aromatic carbocycles. The lowest BCUT2D eigenvalue weighted by Crippen LogP contribution is -2.30. The van der Waals surface area contributed by atoms with Crippen molar-refractivity contribution in [3.63, 3.8) is 0 Å². The van der Waals surface area contributed by atoms with Gasteiger partial charge in [0.15, 0.2) is 0 Å². The van der Waals surface area contributed by atoms with Crippen molar-refractivity contribution in [2.75, 3.05) is 5.01 Å². The highest BCUT2D eigenvalue weighted by Crippen LogP contribution is 2.28. The van der Waals surface area contributed by atoms with Gasteiger partial charge in [-0.1, -0.05) is 52.5 Å². The van der Waals surface area contributed by atoms with Crippen molar-refractivity contribution in [2.24, 2.45) is 5.84 Å². The summed E-state index contributed by atoms with van der Waals surface area (Å²) in [5, 5.41) is 1.60. The number of nitrogens with two attached hydrogens (primary N) is 1. The quantitative estimate of drug-likeness (QED) is 0.244. The molecule has 0 saturated carbocycles. The second-order valence-corrected chi connectivity index (χ2v) is 4.00. The highest BCUT2D eigenvalue weighted by Gasteiger charge is 2.10. The Kier molecular flexibility index (Phi) is 20.1. The van der Waals surface area contributed by atoms with Gasteiger partial charge in [-0.05, 0) is 38.5 Å². The Morgan fingerprint density at radius 3 is 2.09 bits per heavy atom. The summed E-state index contributed by atoms with van der Waals surface area (Å²) in [6, 6.07) is 5.88. The molecule has 124 valence electrons. The average molecular weight is 321 g/mol. The van der Waals surface area contributed by atoms with Gasteiger partial charge in [-0.2, -0.15) is 0 Å². The topological polar surface area (TPSA) is 29.3 Å². The van der Waals surface area contributed by atoms with Crippen LogP contribution in [0.25, 0.3) is 0 Å². The van der Waals surface area contributed by atoms with Crippen molar-refractivity contribution in [3.05, 3.63) is 48.2 Å². The summed E-state index contributed by atoms with van der Waals surface area (Å²) >= 11 is 4.40. The molecule has 0 aliphatic carbocycles. The molecule has 0 bridgehead atoms. The van der Waals surface area contributed by atoms with E-state index in [-0.39, 0.29) is 0 Å². The van der Waals surface area contributed by atoms with Crippen LogP contribution in [0.5, 0.6) is 0 Å². The maximum Gasteiger partial charge on any atom is 0.0737 e. The minimum absolute atomic E-state index is 0.860. The second kappa shape index (κ2) is 17.4. The molecular formula is C19H32N2S. The normalized spacial score (nSPS) is 8.64. The number of thiol groups is 1. The molecule has 0 saturated heterocycles. The van der Waals surface area contributed by atoms with Crippen LogP contribution in [0, 0.1) is 19.3 Å². The predicted molar refractivity (Wildman–Crippen MR) is 106 cm³/mol. The van der Waals surface area contributed by atoms with Crippen LogP contribution in [0.15, 0.2) is 47.5 Å². The second-order valence-electron chi connectivity index (χ2n) is 3.52. The van der Waals surface area contributed by atoms with Gasteiger partial charge in [0.25, 0.3) is 0 Å². The Labute approximate surface area is 143 Å². The van der Waals surface area contributed by atoms with Crippen molar-refractivity contribution < 1.29 is 0 Å².